The Labute approximate surface area is 98.8 Å². The molecule has 16 heavy (non-hydrogen) atoms. The van der Waals surface area contributed by atoms with E-state index >= 15 is 0 Å². The number of carbonyl (C=O) groups excluding carboxylic acids is 1. The Morgan fingerprint density at radius 2 is 2.12 bits per heavy atom. The average molecular weight is 227 g/mol. The second kappa shape index (κ2) is 6.89. The number of likely N-dealkylation sites (tertiary alicyclic amines) is 1. The van der Waals surface area contributed by atoms with Gasteiger partial charge in [0.15, 0.2) is 0 Å². The third-order valence-corrected chi connectivity index (χ3v) is 3.69. The summed E-state index contributed by atoms with van der Waals surface area (Å²) in [5.41, 5.74) is 0. The van der Waals surface area contributed by atoms with Crippen LogP contribution in [-0.2, 0) is 4.79 Å². The van der Waals surface area contributed by atoms with Gasteiger partial charge < -0.3 is 10.0 Å². The number of aliphatic hydroxyl groups excluding tert-OH is 1. The number of hydrogen-bond donors (Lipinski definition) is 1. The standard InChI is InChI=1S/C13H25NO2/c1-3-11(4-2)13(16)14-9-5-7-12(14)8-6-10-15/h11-12,15H,3-10H2,1-2H3. The molecule has 1 unspecified atom stereocenters. The van der Waals surface area contributed by atoms with Crippen molar-refractivity contribution < 1.29 is 9.90 Å². The van der Waals surface area contributed by atoms with E-state index in [2.05, 4.69) is 18.7 Å². The van der Waals surface area contributed by atoms with Crippen LogP contribution in [-0.4, -0.2) is 35.1 Å². The molecule has 1 fully saturated rings. The molecule has 0 spiro atoms. The molecule has 1 amide bonds. The van der Waals surface area contributed by atoms with Crippen molar-refractivity contribution in [1.29, 1.82) is 0 Å². The summed E-state index contributed by atoms with van der Waals surface area (Å²) in [6, 6.07) is 0.389. The van der Waals surface area contributed by atoms with E-state index in [0.29, 0.717) is 11.9 Å². The van der Waals surface area contributed by atoms with Gasteiger partial charge in [-0.05, 0) is 38.5 Å². The Morgan fingerprint density at radius 3 is 2.69 bits per heavy atom. The van der Waals surface area contributed by atoms with E-state index in [9.17, 15) is 4.79 Å². The van der Waals surface area contributed by atoms with Gasteiger partial charge in [-0.3, -0.25) is 4.79 Å². The number of hydrogen-bond acceptors (Lipinski definition) is 2. The van der Waals surface area contributed by atoms with Crippen molar-refractivity contribution in [2.24, 2.45) is 5.92 Å². The van der Waals surface area contributed by atoms with Gasteiger partial charge in [0.2, 0.25) is 5.91 Å². The molecule has 3 heteroatoms. The largest absolute Gasteiger partial charge is 0.396 e. The fraction of sp³-hybridized carbons (Fsp3) is 0.923. The zero-order valence-corrected chi connectivity index (χ0v) is 10.6. The predicted octanol–water partition coefficient (Wildman–Crippen LogP) is 2.19. The highest BCUT2D eigenvalue weighted by molar-refractivity contribution is 5.79. The molecule has 94 valence electrons. The van der Waals surface area contributed by atoms with Crippen molar-refractivity contribution in [2.45, 2.75) is 58.4 Å². The second-order valence-electron chi connectivity index (χ2n) is 4.71. The molecular formula is C13H25NO2. The Morgan fingerprint density at radius 1 is 1.44 bits per heavy atom. The molecule has 0 aromatic carbocycles. The van der Waals surface area contributed by atoms with E-state index in [0.717, 1.165) is 45.1 Å². The molecule has 0 aliphatic carbocycles. The first-order valence-corrected chi connectivity index (χ1v) is 6.65. The van der Waals surface area contributed by atoms with Gasteiger partial charge in [0.1, 0.15) is 0 Å². The van der Waals surface area contributed by atoms with Crippen molar-refractivity contribution in [3.05, 3.63) is 0 Å². The summed E-state index contributed by atoms with van der Waals surface area (Å²) in [7, 11) is 0. The molecule has 0 aromatic rings. The summed E-state index contributed by atoms with van der Waals surface area (Å²) < 4.78 is 0. The smallest absolute Gasteiger partial charge is 0.225 e. The maximum atomic E-state index is 12.2. The second-order valence-corrected chi connectivity index (χ2v) is 4.71. The first kappa shape index (κ1) is 13.5. The van der Waals surface area contributed by atoms with E-state index in [1.54, 1.807) is 0 Å². The Balaban J connectivity index is 2.52. The SMILES string of the molecule is CCC(CC)C(=O)N1CCCC1CCCO. The van der Waals surface area contributed by atoms with Gasteiger partial charge in [-0.25, -0.2) is 0 Å². The topological polar surface area (TPSA) is 40.5 Å². The van der Waals surface area contributed by atoms with Crippen LogP contribution in [0.2, 0.25) is 0 Å². The lowest BCUT2D eigenvalue weighted by Crippen LogP contribution is -2.39. The monoisotopic (exact) mass is 227 g/mol. The van der Waals surface area contributed by atoms with Crippen molar-refractivity contribution in [3.63, 3.8) is 0 Å². The van der Waals surface area contributed by atoms with E-state index in [-0.39, 0.29) is 12.5 Å². The van der Waals surface area contributed by atoms with Crippen LogP contribution in [0.5, 0.6) is 0 Å². The summed E-state index contributed by atoms with van der Waals surface area (Å²) >= 11 is 0. The summed E-state index contributed by atoms with van der Waals surface area (Å²) in [4.78, 5) is 14.3. The minimum atomic E-state index is 0.203. The summed E-state index contributed by atoms with van der Waals surface area (Å²) in [5, 5.41) is 8.85. The van der Waals surface area contributed by atoms with Crippen LogP contribution < -0.4 is 0 Å². The number of aliphatic hydroxyl groups is 1. The number of amides is 1. The molecule has 1 heterocycles. The first-order valence-electron chi connectivity index (χ1n) is 6.65. The Hall–Kier alpha value is -0.570. The summed E-state index contributed by atoms with van der Waals surface area (Å²) in [6.45, 7) is 5.34. The maximum Gasteiger partial charge on any atom is 0.225 e. The highest BCUT2D eigenvalue weighted by Gasteiger charge is 2.30. The quantitative estimate of drug-likeness (QED) is 0.755. The van der Waals surface area contributed by atoms with Crippen molar-refractivity contribution in [2.75, 3.05) is 13.2 Å². The Kier molecular flexibility index (Phi) is 5.81. The highest BCUT2D eigenvalue weighted by Crippen LogP contribution is 2.25. The van der Waals surface area contributed by atoms with E-state index < -0.39 is 0 Å². The van der Waals surface area contributed by atoms with Crippen LogP contribution >= 0.6 is 0 Å². The normalized spacial score (nSPS) is 20.8. The molecule has 0 aromatic heterocycles. The van der Waals surface area contributed by atoms with Gasteiger partial charge in [-0.2, -0.15) is 0 Å². The fourth-order valence-electron chi connectivity index (χ4n) is 2.63. The van der Waals surface area contributed by atoms with Crippen LogP contribution in [0.1, 0.15) is 52.4 Å². The molecule has 3 nitrogen and oxygen atoms in total. The van der Waals surface area contributed by atoms with Gasteiger partial charge >= 0.3 is 0 Å². The van der Waals surface area contributed by atoms with Gasteiger partial charge in [-0.15, -0.1) is 0 Å². The molecule has 0 saturated carbocycles. The van der Waals surface area contributed by atoms with Gasteiger partial charge in [0.05, 0.1) is 0 Å². The van der Waals surface area contributed by atoms with Crippen LogP contribution in [0.3, 0.4) is 0 Å². The number of rotatable bonds is 6. The van der Waals surface area contributed by atoms with Crippen molar-refractivity contribution in [3.8, 4) is 0 Å². The minimum absolute atomic E-state index is 0.203. The summed E-state index contributed by atoms with van der Waals surface area (Å²) in [5.74, 6) is 0.542. The van der Waals surface area contributed by atoms with Gasteiger partial charge in [0, 0.05) is 25.1 Å². The van der Waals surface area contributed by atoms with Crippen LogP contribution in [0.15, 0.2) is 0 Å². The van der Waals surface area contributed by atoms with Crippen LogP contribution in [0.25, 0.3) is 0 Å². The number of nitrogens with zero attached hydrogens (tertiary/aromatic N) is 1. The number of carbonyl (C=O) groups is 1. The van der Waals surface area contributed by atoms with E-state index in [1.165, 1.54) is 0 Å². The van der Waals surface area contributed by atoms with E-state index in [1.807, 2.05) is 0 Å². The average Bonchev–Trinajstić information content (AvgIpc) is 2.75. The minimum Gasteiger partial charge on any atom is -0.396 e. The zero-order chi connectivity index (χ0) is 12.0. The lowest BCUT2D eigenvalue weighted by atomic mass is 10.0. The summed E-state index contributed by atoms with van der Waals surface area (Å²) in [6.07, 6.45) is 5.91. The van der Waals surface area contributed by atoms with Crippen molar-refractivity contribution in [1.82, 2.24) is 4.90 Å². The van der Waals surface area contributed by atoms with Gasteiger partial charge in [-0.1, -0.05) is 13.8 Å². The predicted molar refractivity (Wildman–Crippen MR) is 65.1 cm³/mol. The maximum absolute atomic E-state index is 12.2. The molecule has 0 bridgehead atoms. The fourth-order valence-corrected chi connectivity index (χ4v) is 2.63. The molecule has 1 aliphatic heterocycles. The molecular weight excluding hydrogens is 202 g/mol. The molecule has 1 N–H and O–H groups in total. The van der Waals surface area contributed by atoms with Gasteiger partial charge in [0.25, 0.3) is 0 Å². The molecule has 1 atom stereocenters. The molecule has 1 rings (SSSR count). The third kappa shape index (κ3) is 3.21. The Bertz CT molecular complexity index is 214. The van der Waals surface area contributed by atoms with Crippen LogP contribution in [0, 0.1) is 5.92 Å². The van der Waals surface area contributed by atoms with E-state index in [4.69, 9.17) is 5.11 Å². The zero-order valence-electron chi connectivity index (χ0n) is 10.6. The molecule has 1 aliphatic rings. The third-order valence-electron chi connectivity index (χ3n) is 3.69. The molecule has 1 saturated heterocycles. The lowest BCUT2D eigenvalue weighted by Gasteiger charge is -2.28. The van der Waals surface area contributed by atoms with Crippen molar-refractivity contribution >= 4 is 5.91 Å². The molecule has 0 radical (unpaired) electrons. The van der Waals surface area contributed by atoms with Crippen LogP contribution in [0.4, 0.5) is 0 Å². The lowest BCUT2D eigenvalue weighted by molar-refractivity contribution is -0.136. The first-order chi connectivity index (χ1) is 7.74. The highest BCUT2D eigenvalue weighted by atomic mass is 16.3.